The average molecular weight is 314 g/mol. The van der Waals surface area contributed by atoms with Crippen LogP contribution in [0.4, 0.5) is 0 Å². The Labute approximate surface area is 133 Å². The lowest BCUT2D eigenvalue weighted by Gasteiger charge is -2.27. The molecule has 0 aromatic carbocycles. The summed E-state index contributed by atoms with van der Waals surface area (Å²) >= 11 is 0. The van der Waals surface area contributed by atoms with Crippen molar-refractivity contribution in [2.75, 3.05) is 0 Å². The number of carbonyl (C=O) groups excluding carboxylic acids is 2. The lowest BCUT2D eigenvalue weighted by molar-refractivity contribution is -0.176. The maximum atomic E-state index is 12.5. The fraction of sp³-hybridized carbons (Fsp3) is 0.882. The number of hydrogen-bond donors (Lipinski definition) is 1. The Balaban J connectivity index is 3.08. The average Bonchev–Trinajstić information content (AvgIpc) is 2.55. The van der Waals surface area contributed by atoms with Crippen molar-refractivity contribution in [2.45, 2.75) is 79.1 Å². The molecule has 0 spiro atoms. The van der Waals surface area contributed by atoms with Gasteiger partial charge in [-0.25, -0.2) is 0 Å². The minimum Gasteiger partial charge on any atom is -0.459 e. The SMILES string of the molecule is CC(C)(C)OC(=O)C(C(=O)OC(C)(C)C)[C@H]1C(C)(C)[C@@]1(C)O. The molecule has 0 aliphatic heterocycles. The highest BCUT2D eigenvalue weighted by Crippen LogP contribution is 2.65. The van der Waals surface area contributed by atoms with Gasteiger partial charge < -0.3 is 14.6 Å². The minimum absolute atomic E-state index is 0.523. The Morgan fingerprint density at radius 1 is 0.909 bits per heavy atom. The molecule has 0 bridgehead atoms. The number of ether oxygens (including phenoxy) is 2. The Morgan fingerprint density at radius 2 is 1.18 bits per heavy atom. The fourth-order valence-corrected chi connectivity index (χ4v) is 2.84. The summed E-state index contributed by atoms with van der Waals surface area (Å²) in [5.41, 5.74) is -3.07. The zero-order valence-electron chi connectivity index (χ0n) is 15.2. The molecule has 1 saturated carbocycles. The molecule has 22 heavy (non-hydrogen) atoms. The summed E-state index contributed by atoms with van der Waals surface area (Å²) in [7, 11) is 0. The summed E-state index contributed by atoms with van der Waals surface area (Å²) in [5, 5.41) is 10.5. The monoisotopic (exact) mass is 314 g/mol. The van der Waals surface area contributed by atoms with Crippen LogP contribution in [0.1, 0.15) is 62.3 Å². The lowest BCUT2D eigenvalue weighted by atomic mass is 9.96. The lowest BCUT2D eigenvalue weighted by Crippen LogP contribution is -2.39. The molecule has 0 aromatic rings. The highest BCUT2D eigenvalue weighted by atomic mass is 16.6. The van der Waals surface area contributed by atoms with Crippen molar-refractivity contribution in [3.63, 3.8) is 0 Å². The van der Waals surface area contributed by atoms with E-state index in [0.717, 1.165) is 0 Å². The van der Waals surface area contributed by atoms with Gasteiger partial charge in [-0.1, -0.05) is 13.8 Å². The molecule has 0 saturated heterocycles. The molecule has 5 nitrogen and oxygen atoms in total. The summed E-state index contributed by atoms with van der Waals surface area (Å²) in [5.74, 6) is -2.93. The van der Waals surface area contributed by atoms with Gasteiger partial charge in [0.1, 0.15) is 11.2 Å². The van der Waals surface area contributed by atoms with E-state index in [-0.39, 0.29) is 0 Å². The van der Waals surface area contributed by atoms with Crippen molar-refractivity contribution in [1.29, 1.82) is 0 Å². The molecule has 0 heterocycles. The Kier molecular flexibility index (Phi) is 4.50. The van der Waals surface area contributed by atoms with Crippen LogP contribution >= 0.6 is 0 Å². The Bertz CT molecular complexity index is 420. The Hall–Kier alpha value is -1.10. The largest absolute Gasteiger partial charge is 0.459 e. The molecule has 0 amide bonds. The Morgan fingerprint density at radius 3 is 1.36 bits per heavy atom. The number of carbonyl (C=O) groups is 2. The third-order valence-electron chi connectivity index (χ3n) is 4.26. The zero-order valence-corrected chi connectivity index (χ0v) is 15.2. The van der Waals surface area contributed by atoms with Gasteiger partial charge in [-0.3, -0.25) is 9.59 Å². The van der Waals surface area contributed by atoms with Crippen molar-refractivity contribution in [1.82, 2.24) is 0 Å². The first-order chi connectivity index (χ1) is 9.51. The van der Waals surface area contributed by atoms with Gasteiger partial charge >= 0.3 is 11.9 Å². The minimum atomic E-state index is -1.12. The van der Waals surface area contributed by atoms with Crippen LogP contribution in [0.3, 0.4) is 0 Å². The van der Waals surface area contributed by atoms with Crippen LogP contribution in [0, 0.1) is 17.3 Å². The summed E-state index contributed by atoms with van der Waals surface area (Å²) in [4.78, 5) is 25.0. The summed E-state index contributed by atoms with van der Waals surface area (Å²) < 4.78 is 10.7. The fourth-order valence-electron chi connectivity index (χ4n) is 2.84. The van der Waals surface area contributed by atoms with E-state index < -0.39 is 46.0 Å². The maximum Gasteiger partial charge on any atom is 0.321 e. The van der Waals surface area contributed by atoms with E-state index in [1.165, 1.54) is 0 Å². The highest BCUT2D eigenvalue weighted by molar-refractivity contribution is 5.96. The first-order valence-electron chi connectivity index (χ1n) is 7.69. The van der Waals surface area contributed by atoms with E-state index in [1.807, 2.05) is 13.8 Å². The second-order valence-corrected chi connectivity index (χ2v) is 8.89. The number of rotatable bonds is 3. The molecule has 0 radical (unpaired) electrons. The normalized spacial score (nSPS) is 27.5. The zero-order chi connectivity index (χ0) is 17.7. The van der Waals surface area contributed by atoms with Gasteiger partial charge in [0.15, 0.2) is 5.92 Å². The van der Waals surface area contributed by atoms with E-state index in [2.05, 4.69) is 0 Å². The van der Waals surface area contributed by atoms with Crippen molar-refractivity contribution in [2.24, 2.45) is 17.3 Å². The molecule has 1 fully saturated rings. The van der Waals surface area contributed by atoms with Gasteiger partial charge in [0.05, 0.1) is 5.60 Å². The molecule has 2 atom stereocenters. The van der Waals surface area contributed by atoms with Crippen LogP contribution in [-0.2, 0) is 19.1 Å². The molecule has 1 N–H and O–H groups in total. The topological polar surface area (TPSA) is 72.8 Å². The van der Waals surface area contributed by atoms with Crippen LogP contribution in [0.2, 0.25) is 0 Å². The predicted molar refractivity (Wildman–Crippen MR) is 83.1 cm³/mol. The van der Waals surface area contributed by atoms with Gasteiger partial charge in [-0.05, 0) is 48.5 Å². The number of esters is 2. The first-order valence-corrected chi connectivity index (χ1v) is 7.69. The molecule has 0 unspecified atom stereocenters. The number of hydrogen-bond acceptors (Lipinski definition) is 5. The van der Waals surface area contributed by atoms with E-state index in [0.29, 0.717) is 0 Å². The quantitative estimate of drug-likeness (QED) is 0.640. The van der Waals surface area contributed by atoms with Crippen LogP contribution in [0.25, 0.3) is 0 Å². The van der Waals surface area contributed by atoms with E-state index in [4.69, 9.17) is 9.47 Å². The van der Waals surface area contributed by atoms with Crippen molar-refractivity contribution in [3.05, 3.63) is 0 Å². The van der Waals surface area contributed by atoms with Crippen molar-refractivity contribution < 1.29 is 24.2 Å². The molecular weight excluding hydrogens is 284 g/mol. The van der Waals surface area contributed by atoms with Crippen molar-refractivity contribution >= 4 is 11.9 Å². The summed E-state index contributed by atoms with van der Waals surface area (Å²) in [6.45, 7) is 15.8. The third kappa shape index (κ3) is 3.80. The maximum absolute atomic E-state index is 12.5. The third-order valence-corrected chi connectivity index (χ3v) is 4.26. The molecule has 5 heteroatoms. The van der Waals surface area contributed by atoms with Gasteiger partial charge in [0, 0.05) is 11.3 Å². The first kappa shape index (κ1) is 18.9. The predicted octanol–water partition coefficient (Wildman–Crippen LogP) is 2.69. The molecule has 0 aromatic heterocycles. The second kappa shape index (κ2) is 5.22. The number of aliphatic hydroxyl groups is 1. The van der Waals surface area contributed by atoms with Gasteiger partial charge in [-0.2, -0.15) is 0 Å². The summed E-state index contributed by atoms with van der Waals surface area (Å²) in [6, 6.07) is 0. The summed E-state index contributed by atoms with van der Waals surface area (Å²) in [6.07, 6.45) is 0. The van der Waals surface area contributed by atoms with E-state index >= 15 is 0 Å². The van der Waals surface area contributed by atoms with E-state index in [9.17, 15) is 14.7 Å². The van der Waals surface area contributed by atoms with Crippen LogP contribution in [0.5, 0.6) is 0 Å². The molecule has 1 rings (SSSR count). The van der Waals surface area contributed by atoms with Crippen LogP contribution < -0.4 is 0 Å². The van der Waals surface area contributed by atoms with Gasteiger partial charge in [0.25, 0.3) is 0 Å². The van der Waals surface area contributed by atoms with Gasteiger partial charge in [-0.15, -0.1) is 0 Å². The molecular formula is C17H30O5. The molecule has 1 aliphatic rings. The van der Waals surface area contributed by atoms with Crippen LogP contribution in [-0.4, -0.2) is 33.8 Å². The second-order valence-electron chi connectivity index (χ2n) is 8.89. The molecule has 128 valence electrons. The highest BCUT2D eigenvalue weighted by Gasteiger charge is 2.73. The standard InChI is InChI=1S/C17H30O5/c1-14(2,3)21-12(18)10(13(19)22-15(4,5)6)11-16(7,8)17(11,9)20/h10-11,20H,1-9H3/t11-,17-/m0/s1. The van der Waals surface area contributed by atoms with Crippen LogP contribution in [0.15, 0.2) is 0 Å². The van der Waals surface area contributed by atoms with E-state index in [1.54, 1.807) is 48.5 Å². The van der Waals surface area contributed by atoms with Crippen molar-refractivity contribution in [3.8, 4) is 0 Å². The van der Waals surface area contributed by atoms with Gasteiger partial charge in [0.2, 0.25) is 0 Å². The molecule has 1 aliphatic carbocycles. The smallest absolute Gasteiger partial charge is 0.321 e.